The molecule has 1 fully saturated rings. The number of benzene rings is 2. The summed E-state index contributed by atoms with van der Waals surface area (Å²) in [5.41, 5.74) is 0.642. The summed E-state index contributed by atoms with van der Waals surface area (Å²) in [5.74, 6) is -0.951. The van der Waals surface area contributed by atoms with Crippen molar-refractivity contribution < 1.29 is 19.4 Å². The number of hydrogen-bond donors (Lipinski definition) is 2. The van der Waals surface area contributed by atoms with Gasteiger partial charge in [-0.25, -0.2) is 4.79 Å². The van der Waals surface area contributed by atoms with Gasteiger partial charge in [-0.1, -0.05) is 52.0 Å². The number of thiocarbonyl (C=S) groups is 1. The van der Waals surface area contributed by atoms with Gasteiger partial charge in [-0.15, -0.1) is 0 Å². The molecule has 0 atom stereocenters. The van der Waals surface area contributed by atoms with Crippen LogP contribution in [0.25, 0.3) is 16.8 Å². The van der Waals surface area contributed by atoms with E-state index in [9.17, 15) is 9.59 Å². The van der Waals surface area contributed by atoms with E-state index >= 15 is 0 Å². The van der Waals surface area contributed by atoms with Crippen LogP contribution >= 0.6 is 39.9 Å². The standard InChI is InChI=1S/C16H10BrNO4S2/c17-9-2-3-10-8(5-9)1-4-12(22-7-14(19)20)11(10)6-13-15(21)18-16(23)24-13/h1-6H,7H2,(H,19,20)(H,18,21,23)/b13-6-. The second kappa shape index (κ2) is 6.92. The molecule has 0 aliphatic carbocycles. The van der Waals surface area contributed by atoms with Crippen molar-refractivity contribution in [3.05, 3.63) is 45.3 Å². The summed E-state index contributed by atoms with van der Waals surface area (Å²) in [6.07, 6.45) is 1.67. The summed E-state index contributed by atoms with van der Waals surface area (Å²) < 4.78 is 6.69. The van der Waals surface area contributed by atoms with Crippen molar-refractivity contribution in [2.75, 3.05) is 6.61 Å². The largest absolute Gasteiger partial charge is 0.481 e. The number of rotatable bonds is 4. The third-order valence-corrected chi connectivity index (χ3v) is 4.91. The number of thioether (sulfide) groups is 1. The van der Waals surface area contributed by atoms with Crippen molar-refractivity contribution in [2.45, 2.75) is 0 Å². The van der Waals surface area contributed by atoms with Crippen molar-refractivity contribution in [3.8, 4) is 5.75 Å². The van der Waals surface area contributed by atoms with E-state index in [0.717, 1.165) is 27.0 Å². The van der Waals surface area contributed by atoms with E-state index in [0.29, 0.717) is 20.5 Å². The van der Waals surface area contributed by atoms with Gasteiger partial charge in [0.05, 0.1) is 4.91 Å². The molecule has 1 aliphatic rings. The Morgan fingerprint density at radius 3 is 2.83 bits per heavy atom. The molecule has 0 radical (unpaired) electrons. The Hall–Kier alpha value is -1.90. The van der Waals surface area contributed by atoms with E-state index in [-0.39, 0.29) is 5.91 Å². The fraction of sp³-hybridized carbons (Fsp3) is 0.0625. The molecule has 1 saturated heterocycles. The van der Waals surface area contributed by atoms with Gasteiger partial charge in [-0.2, -0.15) is 0 Å². The van der Waals surface area contributed by atoms with E-state index in [1.54, 1.807) is 12.1 Å². The summed E-state index contributed by atoms with van der Waals surface area (Å²) in [6.45, 7) is -0.462. The molecule has 122 valence electrons. The van der Waals surface area contributed by atoms with Gasteiger partial charge < -0.3 is 15.2 Å². The first-order valence-corrected chi connectivity index (χ1v) is 8.77. The molecule has 8 heteroatoms. The van der Waals surface area contributed by atoms with Crippen molar-refractivity contribution in [2.24, 2.45) is 0 Å². The molecule has 0 aromatic heterocycles. The van der Waals surface area contributed by atoms with E-state index in [4.69, 9.17) is 22.1 Å². The van der Waals surface area contributed by atoms with Gasteiger partial charge in [0.2, 0.25) is 0 Å². The Morgan fingerprint density at radius 2 is 2.17 bits per heavy atom. The lowest BCUT2D eigenvalue weighted by molar-refractivity contribution is -0.139. The zero-order valence-corrected chi connectivity index (χ0v) is 15.3. The van der Waals surface area contributed by atoms with Crippen LogP contribution in [0, 0.1) is 0 Å². The Bertz CT molecular complexity index is 910. The fourth-order valence-corrected chi connectivity index (χ4v) is 3.68. The van der Waals surface area contributed by atoms with E-state index in [2.05, 4.69) is 21.2 Å². The molecule has 0 bridgehead atoms. The minimum absolute atomic E-state index is 0.275. The Morgan fingerprint density at radius 1 is 1.38 bits per heavy atom. The second-order valence-corrected chi connectivity index (χ2v) is 7.51. The zero-order chi connectivity index (χ0) is 17.3. The van der Waals surface area contributed by atoms with Crippen molar-refractivity contribution >= 4 is 73.0 Å². The SMILES string of the molecule is O=C(O)COc1ccc2cc(Br)ccc2c1/C=C1\SC(=S)NC1=O. The molecule has 0 spiro atoms. The van der Waals surface area contributed by atoms with Crippen LogP contribution in [0.3, 0.4) is 0 Å². The van der Waals surface area contributed by atoms with E-state index in [1.807, 2.05) is 24.3 Å². The van der Waals surface area contributed by atoms with Crippen molar-refractivity contribution in [1.82, 2.24) is 5.32 Å². The monoisotopic (exact) mass is 423 g/mol. The summed E-state index contributed by atoms with van der Waals surface area (Å²) in [4.78, 5) is 23.2. The molecular weight excluding hydrogens is 414 g/mol. The first-order chi connectivity index (χ1) is 11.4. The topological polar surface area (TPSA) is 75.6 Å². The molecule has 1 amide bonds. The molecule has 1 heterocycles. The number of nitrogens with one attached hydrogen (secondary N) is 1. The quantitative estimate of drug-likeness (QED) is 0.578. The number of carboxylic acids is 1. The highest BCUT2D eigenvalue weighted by Gasteiger charge is 2.23. The molecule has 1 aliphatic heterocycles. The lowest BCUT2D eigenvalue weighted by Crippen LogP contribution is -2.17. The van der Waals surface area contributed by atoms with Crippen LogP contribution in [0.5, 0.6) is 5.75 Å². The molecule has 5 nitrogen and oxygen atoms in total. The van der Waals surface area contributed by atoms with Crippen LogP contribution in [0.4, 0.5) is 0 Å². The zero-order valence-electron chi connectivity index (χ0n) is 12.0. The molecule has 2 aromatic carbocycles. The molecule has 0 unspecified atom stereocenters. The van der Waals surface area contributed by atoms with Gasteiger partial charge in [0.1, 0.15) is 10.1 Å². The predicted octanol–water partition coefficient (Wildman–Crippen LogP) is 3.55. The van der Waals surface area contributed by atoms with Crippen molar-refractivity contribution in [1.29, 1.82) is 0 Å². The first kappa shape index (κ1) is 16.9. The summed E-state index contributed by atoms with van der Waals surface area (Å²) in [6, 6.07) is 9.23. The lowest BCUT2D eigenvalue weighted by atomic mass is 10.0. The molecule has 0 saturated carbocycles. The normalized spacial score (nSPS) is 15.8. The maximum atomic E-state index is 11.9. The predicted molar refractivity (Wildman–Crippen MR) is 101 cm³/mol. The van der Waals surface area contributed by atoms with Gasteiger partial charge >= 0.3 is 5.97 Å². The van der Waals surface area contributed by atoms with E-state index < -0.39 is 12.6 Å². The number of carbonyl (C=O) groups excluding carboxylic acids is 1. The lowest BCUT2D eigenvalue weighted by Gasteiger charge is -2.11. The highest BCUT2D eigenvalue weighted by atomic mass is 79.9. The van der Waals surface area contributed by atoms with Gasteiger partial charge in [0.25, 0.3) is 5.91 Å². The van der Waals surface area contributed by atoms with Crippen LogP contribution < -0.4 is 10.1 Å². The first-order valence-electron chi connectivity index (χ1n) is 6.76. The molecule has 2 N–H and O–H groups in total. The van der Waals surface area contributed by atoms with Gasteiger partial charge in [-0.3, -0.25) is 4.79 Å². The maximum absolute atomic E-state index is 11.9. The number of amides is 1. The number of halogens is 1. The number of carboxylic acid groups (broad SMARTS) is 1. The summed E-state index contributed by atoms with van der Waals surface area (Å²) >= 11 is 9.58. The van der Waals surface area contributed by atoms with E-state index in [1.165, 1.54) is 0 Å². The molecule has 3 rings (SSSR count). The fourth-order valence-electron chi connectivity index (χ4n) is 2.27. The third-order valence-electron chi connectivity index (χ3n) is 3.25. The van der Waals surface area contributed by atoms with Gasteiger partial charge in [0.15, 0.2) is 6.61 Å². The highest BCUT2D eigenvalue weighted by Crippen LogP contribution is 2.35. The summed E-state index contributed by atoms with van der Waals surface area (Å²) in [5, 5.41) is 13.2. The van der Waals surface area contributed by atoms with Crippen LogP contribution in [0.1, 0.15) is 5.56 Å². The number of fused-ring (bicyclic) bond motifs is 1. The van der Waals surface area contributed by atoms with Gasteiger partial charge in [0, 0.05) is 10.0 Å². The number of ether oxygens (including phenoxy) is 1. The van der Waals surface area contributed by atoms with Crippen molar-refractivity contribution in [3.63, 3.8) is 0 Å². The Labute approximate surface area is 155 Å². The second-order valence-electron chi connectivity index (χ2n) is 4.88. The number of aliphatic carboxylic acids is 1. The average molecular weight is 424 g/mol. The number of hydrogen-bond acceptors (Lipinski definition) is 5. The van der Waals surface area contributed by atoms with Crippen LogP contribution in [-0.4, -0.2) is 27.9 Å². The minimum Gasteiger partial charge on any atom is -0.481 e. The highest BCUT2D eigenvalue weighted by molar-refractivity contribution is 9.10. The molecule has 2 aromatic rings. The minimum atomic E-state index is -1.07. The number of carbonyl (C=O) groups is 2. The Kier molecular flexibility index (Phi) is 4.88. The van der Waals surface area contributed by atoms with Crippen LogP contribution in [0.2, 0.25) is 0 Å². The average Bonchev–Trinajstić information content (AvgIpc) is 2.83. The summed E-state index contributed by atoms with van der Waals surface area (Å²) in [7, 11) is 0. The third kappa shape index (κ3) is 3.61. The van der Waals surface area contributed by atoms with Crippen LogP contribution in [0.15, 0.2) is 39.7 Å². The van der Waals surface area contributed by atoms with Crippen LogP contribution in [-0.2, 0) is 9.59 Å². The molecular formula is C16H10BrNO4S2. The maximum Gasteiger partial charge on any atom is 0.341 e. The Balaban J connectivity index is 2.15. The van der Waals surface area contributed by atoms with Gasteiger partial charge in [-0.05, 0) is 35.0 Å². The smallest absolute Gasteiger partial charge is 0.341 e. The molecule has 24 heavy (non-hydrogen) atoms.